The van der Waals surface area contributed by atoms with E-state index < -0.39 is 0 Å². The number of benzene rings is 1. The summed E-state index contributed by atoms with van der Waals surface area (Å²) in [5.41, 5.74) is 0.888. The number of carbonyl (C=O) groups is 1. The number of aryl methyl sites for hydroxylation is 1. The van der Waals surface area contributed by atoms with Gasteiger partial charge in [0.05, 0.1) is 11.0 Å². The summed E-state index contributed by atoms with van der Waals surface area (Å²) in [5, 5.41) is 3.13. The lowest BCUT2D eigenvalue weighted by Crippen LogP contribution is -2.54. The molecule has 5 rings (SSSR count). The minimum absolute atomic E-state index is 0.138. The molecule has 3 fully saturated rings. The topological polar surface area (TPSA) is 32.3 Å². The van der Waals surface area contributed by atoms with E-state index in [1.165, 1.54) is 54.0 Å². The Morgan fingerprint density at radius 1 is 1.00 bits per heavy atom. The molecule has 1 amide bonds. The molecule has 30 heavy (non-hydrogen) atoms. The van der Waals surface area contributed by atoms with Gasteiger partial charge in [-0.05, 0) is 62.4 Å². The maximum absolute atomic E-state index is 13.5. The molecule has 1 saturated carbocycles. The molecule has 2 aromatic rings. The van der Waals surface area contributed by atoms with E-state index in [9.17, 15) is 9.18 Å². The van der Waals surface area contributed by atoms with E-state index in [0.717, 1.165) is 31.5 Å². The highest BCUT2D eigenvalue weighted by atomic mass is 32.1. The summed E-state index contributed by atoms with van der Waals surface area (Å²) in [4.78, 5) is 18.6. The van der Waals surface area contributed by atoms with E-state index in [2.05, 4.69) is 29.3 Å². The van der Waals surface area contributed by atoms with Crippen LogP contribution in [0.3, 0.4) is 0 Å². The van der Waals surface area contributed by atoms with Gasteiger partial charge in [-0.2, -0.15) is 0 Å². The van der Waals surface area contributed by atoms with Gasteiger partial charge in [0, 0.05) is 35.3 Å². The van der Waals surface area contributed by atoms with Crippen LogP contribution in [0.4, 0.5) is 4.39 Å². The molecule has 0 radical (unpaired) electrons. The van der Waals surface area contributed by atoms with Crippen LogP contribution in [0.25, 0.3) is 0 Å². The standard InChI is InChI=1S/C25H31FN2OS/c1-18-5-10-22(30-18)25(11-3-2-4-12-25)28-15-13-24(14-16-28)21(17-27-23(24)29)19-6-8-20(26)9-7-19/h5-10,21H,2-4,11-17H2,1H3,(H,27,29). The van der Waals surface area contributed by atoms with Crippen LogP contribution in [0.2, 0.25) is 0 Å². The summed E-state index contributed by atoms with van der Waals surface area (Å²) in [5.74, 6) is 0.116. The number of amides is 1. The molecule has 160 valence electrons. The molecule has 1 aromatic heterocycles. The average molecular weight is 427 g/mol. The minimum Gasteiger partial charge on any atom is -0.355 e. The van der Waals surface area contributed by atoms with Gasteiger partial charge in [0.1, 0.15) is 5.82 Å². The summed E-state index contributed by atoms with van der Waals surface area (Å²) in [6, 6.07) is 11.4. The van der Waals surface area contributed by atoms with Crippen LogP contribution >= 0.6 is 11.3 Å². The van der Waals surface area contributed by atoms with Crippen molar-refractivity contribution in [3.63, 3.8) is 0 Å². The second-order valence-electron chi connectivity index (χ2n) is 9.46. The minimum atomic E-state index is -0.352. The van der Waals surface area contributed by atoms with Gasteiger partial charge in [-0.1, -0.05) is 31.4 Å². The zero-order chi connectivity index (χ0) is 20.8. The Kier molecular flexibility index (Phi) is 5.22. The smallest absolute Gasteiger partial charge is 0.227 e. The Bertz CT molecular complexity index is 907. The first-order chi connectivity index (χ1) is 14.5. The predicted octanol–water partition coefficient (Wildman–Crippen LogP) is 5.35. The van der Waals surface area contributed by atoms with E-state index in [0.29, 0.717) is 6.54 Å². The van der Waals surface area contributed by atoms with Gasteiger partial charge < -0.3 is 5.32 Å². The molecule has 1 N–H and O–H groups in total. The Labute approximate surface area is 182 Å². The highest BCUT2D eigenvalue weighted by Gasteiger charge is 2.54. The quantitative estimate of drug-likeness (QED) is 0.717. The third kappa shape index (κ3) is 3.21. The zero-order valence-corrected chi connectivity index (χ0v) is 18.6. The van der Waals surface area contributed by atoms with Crippen molar-refractivity contribution in [2.45, 2.75) is 63.3 Å². The zero-order valence-electron chi connectivity index (χ0n) is 17.8. The highest BCUT2D eigenvalue weighted by Crippen LogP contribution is 2.52. The van der Waals surface area contributed by atoms with E-state index in [4.69, 9.17) is 0 Å². The van der Waals surface area contributed by atoms with Gasteiger partial charge in [0.2, 0.25) is 5.91 Å². The van der Waals surface area contributed by atoms with Crippen LogP contribution in [0.1, 0.15) is 66.2 Å². The van der Waals surface area contributed by atoms with Crippen LogP contribution in [0, 0.1) is 18.2 Å². The molecular weight excluding hydrogens is 395 g/mol. The molecule has 3 aliphatic rings. The fourth-order valence-corrected chi connectivity index (χ4v) is 7.45. The largest absolute Gasteiger partial charge is 0.355 e. The van der Waals surface area contributed by atoms with Crippen LogP contribution < -0.4 is 5.32 Å². The summed E-state index contributed by atoms with van der Waals surface area (Å²) >= 11 is 1.95. The first kappa shape index (κ1) is 20.2. The number of carbonyl (C=O) groups excluding carboxylic acids is 1. The summed E-state index contributed by atoms with van der Waals surface area (Å²) in [6.07, 6.45) is 8.13. The monoisotopic (exact) mass is 426 g/mol. The maximum Gasteiger partial charge on any atom is 0.227 e. The molecule has 1 atom stereocenters. The highest BCUT2D eigenvalue weighted by molar-refractivity contribution is 7.12. The second kappa shape index (κ2) is 7.76. The number of piperidine rings is 1. The van der Waals surface area contributed by atoms with E-state index in [1.54, 1.807) is 0 Å². The third-order valence-electron chi connectivity index (χ3n) is 8.00. The maximum atomic E-state index is 13.5. The van der Waals surface area contributed by atoms with Crippen molar-refractivity contribution in [3.8, 4) is 0 Å². The third-order valence-corrected chi connectivity index (χ3v) is 9.19. The summed E-state index contributed by atoms with van der Waals surface area (Å²) in [6.45, 7) is 4.79. The number of likely N-dealkylation sites (tertiary alicyclic amines) is 1. The van der Waals surface area contributed by atoms with Crippen LogP contribution in [0.15, 0.2) is 36.4 Å². The van der Waals surface area contributed by atoms with Crippen molar-refractivity contribution in [1.29, 1.82) is 0 Å². The van der Waals surface area contributed by atoms with Crippen LogP contribution in [0.5, 0.6) is 0 Å². The van der Waals surface area contributed by atoms with Crippen molar-refractivity contribution in [2.75, 3.05) is 19.6 Å². The molecule has 1 aliphatic carbocycles. The Hall–Kier alpha value is -1.72. The lowest BCUT2D eigenvalue weighted by Gasteiger charge is -2.51. The van der Waals surface area contributed by atoms with Gasteiger partial charge in [-0.25, -0.2) is 4.39 Å². The molecule has 3 heterocycles. The number of hydrogen-bond donors (Lipinski definition) is 1. The number of halogens is 1. The van der Waals surface area contributed by atoms with E-state index in [1.807, 2.05) is 23.5 Å². The molecule has 1 unspecified atom stereocenters. The Morgan fingerprint density at radius 3 is 2.33 bits per heavy atom. The summed E-state index contributed by atoms with van der Waals surface area (Å²) in [7, 11) is 0. The molecule has 5 heteroatoms. The Balaban J connectivity index is 1.41. The fourth-order valence-electron chi connectivity index (χ4n) is 6.31. The normalized spacial score (nSPS) is 26.1. The number of hydrogen-bond acceptors (Lipinski definition) is 3. The van der Waals surface area contributed by atoms with E-state index >= 15 is 0 Å². The van der Waals surface area contributed by atoms with Crippen molar-refractivity contribution in [3.05, 3.63) is 57.5 Å². The molecule has 2 aliphatic heterocycles. The number of nitrogens with one attached hydrogen (secondary N) is 1. The van der Waals surface area contributed by atoms with Gasteiger partial charge in [-0.15, -0.1) is 11.3 Å². The fraction of sp³-hybridized carbons (Fsp3) is 0.560. The SMILES string of the molecule is Cc1ccc(C2(N3CCC4(CC3)C(=O)NCC4c3ccc(F)cc3)CCCCC2)s1. The molecule has 1 spiro atoms. The first-order valence-corrected chi connectivity index (χ1v) is 12.2. The number of rotatable bonds is 3. The van der Waals surface area contributed by atoms with Gasteiger partial charge in [0.15, 0.2) is 0 Å². The predicted molar refractivity (Wildman–Crippen MR) is 119 cm³/mol. The van der Waals surface area contributed by atoms with Crippen molar-refractivity contribution in [1.82, 2.24) is 10.2 Å². The molecule has 2 saturated heterocycles. The van der Waals surface area contributed by atoms with Gasteiger partial charge >= 0.3 is 0 Å². The van der Waals surface area contributed by atoms with Crippen LogP contribution in [-0.2, 0) is 10.3 Å². The number of nitrogens with zero attached hydrogens (tertiary/aromatic N) is 1. The van der Waals surface area contributed by atoms with Crippen molar-refractivity contribution >= 4 is 17.2 Å². The summed E-state index contributed by atoms with van der Waals surface area (Å²) < 4.78 is 13.5. The lowest BCUT2D eigenvalue weighted by molar-refractivity contribution is -0.132. The van der Waals surface area contributed by atoms with E-state index in [-0.39, 0.29) is 28.6 Å². The van der Waals surface area contributed by atoms with Crippen molar-refractivity contribution in [2.24, 2.45) is 5.41 Å². The Morgan fingerprint density at radius 2 is 1.70 bits per heavy atom. The lowest BCUT2D eigenvalue weighted by atomic mass is 9.66. The molecule has 3 nitrogen and oxygen atoms in total. The second-order valence-corrected chi connectivity index (χ2v) is 10.7. The van der Waals surface area contributed by atoms with Crippen LogP contribution in [-0.4, -0.2) is 30.4 Å². The van der Waals surface area contributed by atoms with Gasteiger partial charge in [-0.3, -0.25) is 9.69 Å². The number of thiophene rings is 1. The molecule has 0 bridgehead atoms. The average Bonchev–Trinajstić information content (AvgIpc) is 3.34. The molecular formula is C25H31FN2OS. The van der Waals surface area contributed by atoms with Gasteiger partial charge in [0.25, 0.3) is 0 Å². The molecule has 1 aromatic carbocycles. The van der Waals surface area contributed by atoms with Crippen molar-refractivity contribution < 1.29 is 9.18 Å². The first-order valence-electron chi connectivity index (χ1n) is 11.4.